The topological polar surface area (TPSA) is 124 Å². The average Bonchev–Trinajstić information content (AvgIpc) is 2.90. The molecule has 9 nitrogen and oxygen atoms in total. The number of carboxylic acid groups (broad SMARTS) is 1. The van der Waals surface area contributed by atoms with Gasteiger partial charge in [0, 0.05) is 45.8 Å². The lowest BCUT2D eigenvalue weighted by atomic mass is 9.81. The Balaban J connectivity index is 2.05. The summed E-state index contributed by atoms with van der Waals surface area (Å²) in [6.45, 7) is 14.0. The third-order valence-corrected chi connectivity index (χ3v) is 7.65. The summed E-state index contributed by atoms with van der Waals surface area (Å²) in [5.41, 5.74) is 7.53. The summed E-state index contributed by atoms with van der Waals surface area (Å²) < 4.78 is 22.8. The molecule has 9 heteroatoms. The summed E-state index contributed by atoms with van der Waals surface area (Å²) in [4.78, 5) is 13.9. The number of morpholine rings is 1. The van der Waals surface area contributed by atoms with Crippen LogP contribution in [0.4, 0.5) is 0 Å². The highest BCUT2D eigenvalue weighted by atomic mass is 16.5. The molecule has 1 aromatic rings. The van der Waals surface area contributed by atoms with Crippen molar-refractivity contribution in [2.45, 2.75) is 65.5 Å². The van der Waals surface area contributed by atoms with E-state index >= 15 is 0 Å². The number of nitrogens with two attached hydrogens (primary N) is 1. The number of aliphatic carboxylic acids is 1. The Morgan fingerprint density at radius 3 is 2.33 bits per heavy atom. The van der Waals surface area contributed by atoms with E-state index in [-0.39, 0.29) is 18.3 Å². The minimum Gasteiger partial charge on any atom is -0.490 e. The molecule has 4 atom stereocenters. The summed E-state index contributed by atoms with van der Waals surface area (Å²) in [5.74, 6) is 0.427. The van der Waals surface area contributed by atoms with Crippen LogP contribution in [0.15, 0.2) is 18.2 Å². The average molecular weight is 553 g/mol. The van der Waals surface area contributed by atoms with Gasteiger partial charge >= 0.3 is 5.97 Å². The Morgan fingerprint density at radius 1 is 1.03 bits per heavy atom. The van der Waals surface area contributed by atoms with E-state index in [4.69, 9.17) is 24.7 Å². The molecule has 0 radical (unpaired) electrons. The van der Waals surface area contributed by atoms with Crippen LogP contribution in [0.25, 0.3) is 0 Å². The van der Waals surface area contributed by atoms with Gasteiger partial charge in [-0.3, -0.25) is 9.69 Å². The van der Waals surface area contributed by atoms with E-state index in [0.717, 1.165) is 62.8 Å². The van der Waals surface area contributed by atoms with Crippen LogP contribution in [-0.2, 0) is 20.7 Å². The van der Waals surface area contributed by atoms with Gasteiger partial charge < -0.3 is 34.9 Å². The van der Waals surface area contributed by atoms with Crippen LogP contribution >= 0.6 is 0 Å². The number of hydrogen-bond acceptors (Lipinski definition) is 8. The fourth-order valence-electron chi connectivity index (χ4n) is 4.90. The van der Waals surface area contributed by atoms with Gasteiger partial charge in [-0.1, -0.05) is 33.8 Å². The Kier molecular flexibility index (Phi) is 15.1. The van der Waals surface area contributed by atoms with Gasteiger partial charge in [0.1, 0.15) is 6.61 Å². The number of aliphatic hydroxyl groups is 1. The van der Waals surface area contributed by atoms with Crippen molar-refractivity contribution in [2.24, 2.45) is 29.4 Å². The molecular weight excluding hydrogens is 500 g/mol. The van der Waals surface area contributed by atoms with Crippen molar-refractivity contribution < 1.29 is 34.0 Å². The fraction of sp³-hybridized carbons (Fsp3) is 0.767. The van der Waals surface area contributed by atoms with Crippen molar-refractivity contribution in [2.75, 3.05) is 59.8 Å². The van der Waals surface area contributed by atoms with Crippen molar-refractivity contribution in [3.63, 3.8) is 0 Å². The lowest BCUT2D eigenvalue weighted by Gasteiger charge is -2.29. The first kappa shape index (κ1) is 33.3. The molecular formula is C30H52N2O7. The van der Waals surface area contributed by atoms with Gasteiger partial charge in [-0.25, -0.2) is 0 Å². The van der Waals surface area contributed by atoms with E-state index in [2.05, 4.69) is 24.8 Å². The van der Waals surface area contributed by atoms with E-state index in [1.165, 1.54) is 0 Å². The Bertz CT molecular complexity index is 830. The molecule has 0 bridgehead atoms. The van der Waals surface area contributed by atoms with E-state index in [9.17, 15) is 15.0 Å². The molecule has 0 saturated carbocycles. The number of rotatable bonds is 19. The second-order valence-corrected chi connectivity index (χ2v) is 11.4. The smallest absolute Gasteiger partial charge is 0.306 e. The minimum atomic E-state index is -0.887. The number of carbonyl (C=O) groups is 1. The summed E-state index contributed by atoms with van der Waals surface area (Å²) >= 11 is 0. The highest BCUT2D eigenvalue weighted by Gasteiger charge is 2.29. The van der Waals surface area contributed by atoms with Crippen LogP contribution in [0.5, 0.6) is 11.5 Å². The monoisotopic (exact) mass is 552 g/mol. The number of benzene rings is 1. The zero-order valence-corrected chi connectivity index (χ0v) is 24.6. The first-order valence-electron chi connectivity index (χ1n) is 14.5. The predicted octanol–water partition coefficient (Wildman–Crippen LogP) is 3.45. The third-order valence-electron chi connectivity index (χ3n) is 7.65. The van der Waals surface area contributed by atoms with Crippen LogP contribution in [0.2, 0.25) is 0 Å². The van der Waals surface area contributed by atoms with Gasteiger partial charge in [-0.2, -0.15) is 0 Å². The molecule has 2 rings (SSSR count). The van der Waals surface area contributed by atoms with Gasteiger partial charge in [0.05, 0.1) is 31.8 Å². The molecule has 0 aromatic heterocycles. The van der Waals surface area contributed by atoms with E-state index in [1.807, 2.05) is 26.0 Å². The van der Waals surface area contributed by atoms with Gasteiger partial charge in [0.25, 0.3) is 0 Å². The zero-order chi connectivity index (χ0) is 28.8. The quantitative estimate of drug-likeness (QED) is 0.221. The van der Waals surface area contributed by atoms with E-state index in [1.54, 1.807) is 7.11 Å². The molecule has 1 aromatic carbocycles. The van der Waals surface area contributed by atoms with Crippen molar-refractivity contribution in [1.29, 1.82) is 0 Å². The fourth-order valence-corrected chi connectivity index (χ4v) is 4.90. The van der Waals surface area contributed by atoms with Crippen molar-refractivity contribution in [3.05, 3.63) is 23.8 Å². The highest BCUT2D eigenvalue weighted by Crippen LogP contribution is 2.32. The standard InChI is InChI=1S/C30H52N2O7/c1-21(2)24(19-26(31)27(33)20-25(22(3)4)30(34)35)17-23-7-8-28(29(18-23)38-13-6-12-36-5)39-16-11-32-9-14-37-15-10-32/h7-8,18,21-22,24-27,33H,6,9-17,19-20,31H2,1-5H3,(H,34,35)/t24-,25-,26-,27-/m0/s1. The molecule has 1 aliphatic rings. The first-order chi connectivity index (χ1) is 18.6. The SMILES string of the molecule is COCCCOc1cc(C[C@@H](C[C@H](N)[C@@H](O)C[C@H](C(=O)O)C(C)C)C(C)C)ccc1OCCN1CCOCC1. The molecule has 1 heterocycles. The minimum absolute atomic E-state index is 0.0674. The van der Waals surface area contributed by atoms with E-state index in [0.29, 0.717) is 32.2 Å². The molecule has 1 aliphatic heterocycles. The Labute approximate surface area is 234 Å². The zero-order valence-electron chi connectivity index (χ0n) is 24.6. The molecule has 0 amide bonds. The molecule has 1 fully saturated rings. The Morgan fingerprint density at radius 2 is 1.72 bits per heavy atom. The highest BCUT2D eigenvalue weighted by molar-refractivity contribution is 5.70. The molecule has 39 heavy (non-hydrogen) atoms. The molecule has 1 saturated heterocycles. The largest absolute Gasteiger partial charge is 0.490 e. The van der Waals surface area contributed by atoms with Crippen LogP contribution < -0.4 is 15.2 Å². The van der Waals surface area contributed by atoms with Crippen LogP contribution in [0, 0.1) is 23.7 Å². The maximum Gasteiger partial charge on any atom is 0.306 e. The van der Waals surface area contributed by atoms with E-state index < -0.39 is 24.0 Å². The van der Waals surface area contributed by atoms with Gasteiger partial charge in [0.15, 0.2) is 11.5 Å². The van der Waals surface area contributed by atoms with Crippen molar-refractivity contribution in [3.8, 4) is 11.5 Å². The number of aliphatic hydroxyl groups excluding tert-OH is 1. The molecule has 0 aliphatic carbocycles. The maximum absolute atomic E-state index is 11.6. The second-order valence-electron chi connectivity index (χ2n) is 11.4. The molecule has 224 valence electrons. The normalized spacial score (nSPS) is 17.7. The van der Waals surface area contributed by atoms with Crippen molar-refractivity contribution >= 4 is 5.97 Å². The second kappa shape index (κ2) is 17.7. The number of carboxylic acids is 1. The number of hydrogen-bond donors (Lipinski definition) is 3. The molecule has 4 N–H and O–H groups in total. The van der Waals surface area contributed by atoms with Gasteiger partial charge in [0.2, 0.25) is 0 Å². The number of nitrogens with zero attached hydrogens (tertiary/aromatic N) is 1. The third kappa shape index (κ3) is 12.0. The van der Waals surface area contributed by atoms with Gasteiger partial charge in [-0.05, 0) is 54.7 Å². The van der Waals surface area contributed by atoms with Crippen LogP contribution in [0.3, 0.4) is 0 Å². The summed E-state index contributed by atoms with van der Waals surface area (Å²) in [5, 5.41) is 20.2. The summed E-state index contributed by atoms with van der Waals surface area (Å²) in [6.07, 6.45) is 1.45. The van der Waals surface area contributed by atoms with Crippen molar-refractivity contribution in [1.82, 2.24) is 4.90 Å². The van der Waals surface area contributed by atoms with Gasteiger partial charge in [-0.15, -0.1) is 0 Å². The summed E-state index contributed by atoms with van der Waals surface area (Å²) in [7, 11) is 1.68. The lowest BCUT2D eigenvalue weighted by Crippen LogP contribution is -2.40. The molecule has 0 unspecified atom stereocenters. The predicted molar refractivity (Wildman–Crippen MR) is 152 cm³/mol. The maximum atomic E-state index is 11.6. The number of methoxy groups -OCH3 is 1. The Hall–Kier alpha value is -1.91. The lowest BCUT2D eigenvalue weighted by molar-refractivity contribution is -0.144. The molecule has 0 spiro atoms. The number of ether oxygens (including phenoxy) is 4. The van der Waals surface area contributed by atoms with Crippen LogP contribution in [-0.4, -0.2) is 93.0 Å². The summed E-state index contributed by atoms with van der Waals surface area (Å²) in [6, 6.07) is 5.60. The van der Waals surface area contributed by atoms with Crippen LogP contribution in [0.1, 0.15) is 52.5 Å². The first-order valence-corrected chi connectivity index (χ1v) is 14.5.